The van der Waals surface area contributed by atoms with Gasteiger partial charge in [0.15, 0.2) is 11.5 Å². The number of carbonyl (C=O) groups is 1. The molecule has 0 aliphatic carbocycles. The Morgan fingerprint density at radius 2 is 1.65 bits per heavy atom. The molecule has 8 nitrogen and oxygen atoms in total. The summed E-state index contributed by atoms with van der Waals surface area (Å²) >= 11 is 0. The largest absolute Gasteiger partial charge is 0.497 e. The fourth-order valence-corrected chi connectivity index (χ4v) is 2.13. The second-order valence-electron chi connectivity index (χ2n) is 4.95. The molecular formula is C18H17NO7. The first-order valence-electron chi connectivity index (χ1n) is 7.42. The van der Waals surface area contributed by atoms with E-state index in [0.717, 1.165) is 6.07 Å². The number of esters is 1. The van der Waals surface area contributed by atoms with Crippen LogP contribution in [0.3, 0.4) is 0 Å². The lowest BCUT2D eigenvalue weighted by molar-refractivity contribution is -0.384. The first-order valence-corrected chi connectivity index (χ1v) is 7.42. The number of hydrogen-bond acceptors (Lipinski definition) is 7. The zero-order valence-electron chi connectivity index (χ0n) is 14.4. The highest BCUT2D eigenvalue weighted by Gasteiger charge is 2.14. The highest BCUT2D eigenvalue weighted by Crippen LogP contribution is 2.31. The Labute approximate surface area is 149 Å². The van der Waals surface area contributed by atoms with Crippen LogP contribution in [0.25, 0.3) is 6.08 Å². The molecule has 136 valence electrons. The van der Waals surface area contributed by atoms with Crippen LogP contribution in [0.15, 0.2) is 42.5 Å². The van der Waals surface area contributed by atoms with Gasteiger partial charge < -0.3 is 18.9 Å². The van der Waals surface area contributed by atoms with E-state index in [9.17, 15) is 14.9 Å². The molecule has 0 fully saturated rings. The normalized spacial score (nSPS) is 10.4. The van der Waals surface area contributed by atoms with E-state index in [1.807, 2.05) is 0 Å². The van der Waals surface area contributed by atoms with Gasteiger partial charge in [-0.15, -0.1) is 0 Å². The van der Waals surface area contributed by atoms with E-state index in [1.54, 1.807) is 18.2 Å². The fourth-order valence-electron chi connectivity index (χ4n) is 2.13. The third kappa shape index (κ3) is 4.50. The maximum Gasteiger partial charge on any atom is 0.336 e. The fraction of sp³-hybridized carbons (Fsp3) is 0.167. The van der Waals surface area contributed by atoms with E-state index >= 15 is 0 Å². The number of non-ortho nitro benzene ring substituents is 1. The molecule has 26 heavy (non-hydrogen) atoms. The SMILES string of the molecule is COc1ccc(OC)c(/C=C/C(=O)Oc2cc([N+](=O)[O-])ccc2OC)c1. The number of methoxy groups -OCH3 is 3. The molecule has 0 aromatic heterocycles. The van der Waals surface area contributed by atoms with Gasteiger partial charge in [-0.2, -0.15) is 0 Å². The topological polar surface area (TPSA) is 97.1 Å². The average Bonchev–Trinajstić information content (AvgIpc) is 2.65. The molecule has 0 atom stereocenters. The van der Waals surface area contributed by atoms with Gasteiger partial charge in [0, 0.05) is 17.7 Å². The molecule has 0 aliphatic heterocycles. The lowest BCUT2D eigenvalue weighted by Crippen LogP contribution is -2.05. The molecule has 0 amide bonds. The van der Waals surface area contributed by atoms with Crippen LogP contribution in [0.4, 0.5) is 5.69 Å². The molecule has 0 saturated heterocycles. The van der Waals surface area contributed by atoms with E-state index in [2.05, 4.69) is 0 Å². The van der Waals surface area contributed by atoms with E-state index in [0.29, 0.717) is 17.1 Å². The maximum atomic E-state index is 12.1. The molecule has 0 spiro atoms. The van der Waals surface area contributed by atoms with Crippen molar-refractivity contribution >= 4 is 17.7 Å². The Kier molecular flexibility index (Phi) is 6.15. The third-order valence-electron chi connectivity index (χ3n) is 3.40. The van der Waals surface area contributed by atoms with Gasteiger partial charge in [0.1, 0.15) is 11.5 Å². The van der Waals surface area contributed by atoms with E-state index < -0.39 is 10.9 Å². The first-order chi connectivity index (χ1) is 12.5. The van der Waals surface area contributed by atoms with Gasteiger partial charge in [0.05, 0.1) is 32.3 Å². The standard InChI is InChI=1S/C18H17NO7/c1-23-14-6-8-15(24-2)12(10-14)4-9-18(20)26-17-11-13(19(21)22)5-7-16(17)25-3/h4-11H,1-3H3/b9-4+. The van der Waals surface area contributed by atoms with Gasteiger partial charge in [-0.1, -0.05) is 0 Å². The molecular weight excluding hydrogens is 342 g/mol. The van der Waals surface area contributed by atoms with Crippen LogP contribution in [-0.2, 0) is 4.79 Å². The first kappa shape index (κ1) is 18.8. The predicted octanol–water partition coefficient (Wildman–Crippen LogP) is 3.24. The van der Waals surface area contributed by atoms with E-state index in [1.165, 1.54) is 45.6 Å². The summed E-state index contributed by atoms with van der Waals surface area (Å²) < 4.78 is 20.6. The monoisotopic (exact) mass is 359 g/mol. The summed E-state index contributed by atoms with van der Waals surface area (Å²) in [6.45, 7) is 0. The van der Waals surface area contributed by atoms with Crippen LogP contribution in [0.1, 0.15) is 5.56 Å². The minimum atomic E-state index is -0.728. The Morgan fingerprint density at radius 3 is 2.27 bits per heavy atom. The van der Waals surface area contributed by atoms with E-state index in [-0.39, 0.29) is 17.2 Å². The zero-order chi connectivity index (χ0) is 19.1. The Hall–Kier alpha value is -3.55. The molecule has 2 aromatic rings. The molecule has 0 N–H and O–H groups in total. The van der Waals surface area contributed by atoms with Crippen LogP contribution < -0.4 is 18.9 Å². The number of carbonyl (C=O) groups excluding carboxylic acids is 1. The summed E-state index contributed by atoms with van der Waals surface area (Å²) in [6, 6.07) is 8.85. The average molecular weight is 359 g/mol. The number of benzene rings is 2. The highest BCUT2D eigenvalue weighted by atomic mass is 16.6. The molecule has 0 heterocycles. The van der Waals surface area contributed by atoms with E-state index in [4.69, 9.17) is 18.9 Å². The molecule has 0 unspecified atom stereocenters. The third-order valence-corrected chi connectivity index (χ3v) is 3.40. The van der Waals surface area contributed by atoms with Gasteiger partial charge in [0.2, 0.25) is 0 Å². The summed E-state index contributed by atoms with van der Waals surface area (Å²) in [6.07, 6.45) is 2.67. The number of nitro groups is 1. The number of ether oxygens (including phenoxy) is 4. The summed E-state index contributed by atoms with van der Waals surface area (Å²) in [5, 5.41) is 10.9. The summed E-state index contributed by atoms with van der Waals surface area (Å²) in [5.74, 6) is 0.570. The molecule has 0 radical (unpaired) electrons. The van der Waals surface area contributed by atoms with Crippen LogP contribution in [0.2, 0.25) is 0 Å². The summed E-state index contributed by atoms with van der Waals surface area (Å²) in [5.41, 5.74) is 0.391. The van der Waals surface area contributed by atoms with Crippen LogP contribution in [0.5, 0.6) is 23.0 Å². The Bertz CT molecular complexity index is 845. The van der Waals surface area contributed by atoms with Gasteiger partial charge >= 0.3 is 5.97 Å². The zero-order valence-corrected chi connectivity index (χ0v) is 14.4. The van der Waals surface area contributed by atoms with Gasteiger partial charge in [0.25, 0.3) is 5.69 Å². The highest BCUT2D eigenvalue weighted by molar-refractivity contribution is 5.89. The maximum absolute atomic E-state index is 12.1. The van der Waals surface area contributed by atoms with Crippen molar-refractivity contribution in [3.05, 3.63) is 58.2 Å². The van der Waals surface area contributed by atoms with Crippen molar-refractivity contribution in [1.29, 1.82) is 0 Å². The van der Waals surface area contributed by atoms with Crippen LogP contribution in [-0.4, -0.2) is 32.2 Å². The molecule has 0 aliphatic rings. The number of nitro benzene ring substituents is 1. The van der Waals surface area contributed by atoms with Crippen molar-refractivity contribution in [2.75, 3.05) is 21.3 Å². The Morgan fingerprint density at radius 1 is 0.962 bits per heavy atom. The second-order valence-corrected chi connectivity index (χ2v) is 4.95. The van der Waals surface area contributed by atoms with Crippen molar-refractivity contribution in [3.63, 3.8) is 0 Å². The van der Waals surface area contributed by atoms with Gasteiger partial charge in [-0.05, 0) is 30.3 Å². The predicted molar refractivity (Wildman–Crippen MR) is 93.9 cm³/mol. The van der Waals surface area contributed by atoms with Crippen LogP contribution in [0, 0.1) is 10.1 Å². The molecule has 2 rings (SSSR count). The molecule has 8 heteroatoms. The number of rotatable bonds is 7. The van der Waals surface area contributed by atoms with Crippen molar-refractivity contribution in [2.45, 2.75) is 0 Å². The van der Waals surface area contributed by atoms with Crippen molar-refractivity contribution < 1.29 is 28.7 Å². The quantitative estimate of drug-likeness (QED) is 0.246. The molecule has 2 aromatic carbocycles. The molecule has 0 saturated carbocycles. The minimum absolute atomic E-state index is 0.0473. The van der Waals surface area contributed by atoms with Crippen molar-refractivity contribution in [3.8, 4) is 23.0 Å². The smallest absolute Gasteiger partial charge is 0.336 e. The minimum Gasteiger partial charge on any atom is -0.497 e. The number of hydrogen-bond donors (Lipinski definition) is 0. The lowest BCUT2D eigenvalue weighted by Gasteiger charge is -2.08. The van der Waals surface area contributed by atoms with Gasteiger partial charge in [-0.3, -0.25) is 10.1 Å². The second kappa shape index (κ2) is 8.52. The van der Waals surface area contributed by atoms with Crippen LogP contribution >= 0.6 is 0 Å². The lowest BCUT2D eigenvalue weighted by atomic mass is 10.1. The van der Waals surface area contributed by atoms with Crippen molar-refractivity contribution in [2.24, 2.45) is 0 Å². The molecule has 0 bridgehead atoms. The number of nitrogens with zero attached hydrogens (tertiary/aromatic N) is 1. The summed E-state index contributed by atoms with van der Waals surface area (Å²) in [4.78, 5) is 22.4. The van der Waals surface area contributed by atoms with Crippen molar-refractivity contribution in [1.82, 2.24) is 0 Å². The van der Waals surface area contributed by atoms with Gasteiger partial charge in [-0.25, -0.2) is 4.79 Å². The summed E-state index contributed by atoms with van der Waals surface area (Å²) in [7, 11) is 4.40. The Balaban J connectivity index is 2.22.